The van der Waals surface area contributed by atoms with Crippen LogP contribution in [0, 0.1) is 0 Å². The maximum absolute atomic E-state index is 12.2. The number of nitrogens with zero attached hydrogens (tertiary/aromatic N) is 1. The van der Waals surface area contributed by atoms with Crippen molar-refractivity contribution in [3.63, 3.8) is 0 Å². The standard InChI is InChI=1S/C25H25NO3/c27-23-16-17-26(18-20-10-4-1-5-11-20)24(21-12-6-2-7-13-21)25(28,19-29-23)22-14-8-3-9-15-22/h1-15,24,28H,16-19H2. The van der Waals surface area contributed by atoms with E-state index in [0.29, 0.717) is 19.5 Å². The topological polar surface area (TPSA) is 49.8 Å². The molecule has 1 aliphatic rings. The molecule has 148 valence electrons. The molecule has 0 radical (unpaired) electrons. The van der Waals surface area contributed by atoms with Gasteiger partial charge < -0.3 is 9.84 Å². The highest BCUT2D eigenvalue weighted by molar-refractivity contribution is 5.69. The third-order valence-corrected chi connectivity index (χ3v) is 5.49. The summed E-state index contributed by atoms with van der Waals surface area (Å²) in [7, 11) is 0. The Morgan fingerprint density at radius 2 is 1.48 bits per heavy atom. The van der Waals surface area contributed by atoms with E-state index in [2.05, 4.69) is 17.0 Å². The SMILES string of the molecule is O=C1CCN(Cc2ccccc2)C(c2ccccc2)C(O)(c2ccccc2)CO1. The maximum atomic E-state index is 12.2. The monoisotopic (exact) mass is 387 g/mol. The molecular weight excluding hydrogens is 362 g/mol. The van der Waals surface area contributed by atoms with Crippen molar-refractivity contribution < 1.29 is 14.6 Å². The molecule has 4 heteroatoms. The second kappa shape index (κ2) is 8.60. The second-order valence-electron chi connectivity index (χ2n) is 7.47. The molecule has 0 saturated carbocycles. The number of benzene rings is 3. The van der Waals surface area contributed by atoms with E-state index >= 15 is 0 Å². The van der Waals surface area contributed by atoms with Crippen molar-refractivity contribution in [1.82, 2.24) is 4.90 Å². The predicted molar refractivity (Wildman–Crippen MR) is 112 cm³/mol. The molecule has 4 rings (SSSR count). The summed E-state index contributed by atoms with van der Waals surface area (Å²) in [6.45, 7) is 1.05. The lowest BCUT2D eigenvalue weighted by molar-refractivity contribution is -0.166. The van der Waals surface area contributed by atoms with Gasteiger partial charge in [-0.05, 0) is 16.7 Å². The highest BCUT2D eigenvalue weighted by Crippen LogP contribution is 2.41. The van der Waals surface area contributed by atoms with Gasteiger partial charge in [-0.2, -0.15) is 0 Å². The Balaban J connectivity index is 1.83. The van der Waals surface area contributed by atoms with E-state index < -0.39 is 5.60 Å². The number of cyclic esters (lactones) is 1. The van der Waals surface area contributed by atoms with E-state index in [4.69, 9.17) is 4.74 Å². The van der Waals surface area contributed by atoms with Gasteiger partial charge in [0.2, 0.25) is 0 Å². The fourth-order valence-corrected chi connectivity index (χ4v) is 4.09. The lowest BCUT2D eigenvalue weighted by Gasteiger charge is -2.44. The van der Waals surface area contributed by atoms with Crippen LogP contribution in [-0.4, -0.2) is 29.1 Å². The summed E-state index contributed by atoms with van der Waals surface area (Å²) in [6.07, 6.45) is 0.293. The molecule has 1 heterocycles. The van der Waals surface area contributed by atoms with E-state index in [-0.39, 0.29) is 18.6 Å². The summed E-state index contributed by atoms with van der Waals surface area (Å²) in [5.41, 5.74) is 1.50. The zero-order chi connectivity index (χ0) is 20.1. The van der Waals surface area contributed by atoms with E-state index in [0.717, 1.165) is 16.7 Å². The van der Waals surface area contributed by atoms with Crippen LogP contribution in [0.2, 0.25) is 0 Å². The van der Waals surface area contributed by atoms with E-state index in [9.17, 15) is 9.90 Å². The van der Waals surface area contributed by atoms with Gasteiger partial charge in [0.05, 0.1) is 12.5 Å². The molecule has 3 aromatic carbocycles. The molecule has 1 N–H and O–H groups in total. The van der Waals surface area contributed by atoms with Gasteiger partial charge in [-0.3, -0.25) is 9.69 Å². The molecule has 2 unspecified atom stereocenters. The van der Waals surface area contributed by atoms with Crippen molar-refractivity contribution in [3.8, 4) is 0 Å². The molecule has 4 nitrogen and oxygen atoms in total. The Labute approximate surface area is 171 Å². The number of hydrogen-bond acceptors (Lipinski definition) is 4. The largest absolute Gasteiger partial charge is 0.462 e. The van der Waals surface area contributed by atoms with E-state index in [1.165, 1.54) is 0 Å². The minimum Gasteiger partial charge on any atom is -0.462 e. The van der Waals surface area contributed by atoms with Crippen molar-refractivity contribution in [2.45, 2.75) is 24.6 Å². The van der Waals surface area contributed by atoms with Crippen LogP contribution in [0.25, 0.3) is 0 Å². The van der Waals surface area contributed by atoms with Crippen molar-refractivity contribution >= 4 is 5.97 Å². The van der Waals surface area contributed by atoms with Gasteiger partial charge in [-0.1, -0.05) is 91.0 Å². The van der Waals surface area contributed by atoms with Gasteiger partial charge in [0.25, 0.3) is 0 Å². The van der Waals surface area contributed by atoms with Gasteiger partial charge in [0.1, 0.15) is 12.2 Å². The van der Waals surface area contributed by atoms with E-state index in [1.54, 1.807) is 0 Å². The third kappa shape index (κ3) is 4.24. The van der Waals surface area contributed by atoms with Crippen LogP contribution in [0.15, 0.2) is 91.0 Å². The summed E-state index contributed by atoms with van der Waals surface area (Å²) in [4.78, 5) is 14.4. The van der Waals surface area contributed by atoms with Crippen LogP contribution in [-0.2, 0) is 21.7 Å². The molecule has 0 bridgehead atoms. The molecule has 0 aromatic heterocycles. The fourth-order valence-electron chi connectivity index (χ4n) is 4.09. The average molecular weight is 387 g/mol. The zero-order valence-electron chi connectivity index (χ0n) is 16.3. The number of carbonyl (C=O) groups excluding carboxylic acids is 1. The van der Waals surface area contributed by atoms with Crippen LogP contribution in [0.1, 0.15) is 29.2 Å². The van der Waals surface area contributed by atoms with Gasteiger partial charge in [-0.15, -0.1) is 0 Å². The van der Waals surface area contributed by atoms with Crippen LogP contribution >= 0.6 is 0 Å². The first kappa shape index (κ1) is 19.4. The Hall–Kier alpha value is -2.95. The smallest absolute Gasteiger partial charge is 0.307 e. The third-order valence-electron chi connectivity index (χ3n) is 5.49. The van der Waals surface area contributed by atoms with Gasteiger partial charge in [-0.25, -0.2) is 0 Å². The average Bonchev–Trinajstić information content (AvgIpc) is 2.77. The molecule has 1 aliphatic heterocycles. The molecular formula is C25H25NO3. The van der Waals surface area contributed by atoms with Crippen molar-refractivity contribution in [1.29, 1.82) is 0 Å². The Kier molecular flexibility index (Phi) is 5.74. The second-order valence-corrected chi connectivity index (χ2v) is 7.47. The van der Waals surface area contributed by atoms with Gasteiger partial charge in [0.15, 0.2) is 0 Å². The van der Waals surface area contributed by atoms with E-state index in [1.807, 2.05) is 78.9 Å². The summed E-state index contributed by atoms with van der Waals surface area (Å²) >= 11 is 0. The number of aliphatic hydroxyl groups is 1. The van der Waals surface area contributed by atoms with Crippen molar-refractivity contribution in [3.05, 3.63) is 108 Å². The maximum Gasteiger partial charge on any atom is 0.307 e. The van der Waals surface area contributed by atoms with Crippen LogP contribution in [0.4, 0.5) is 0 Å². The molecule has 0 aliphatic carbocycles. The molecule has 29 heavy (non-hydrogen) atoms. The fraction of sp³-hybridized carbons (Fsp3) is 0.240. The molecule has 0 spiro atoms. The lowest BCUT2D eigenvalue weighted by Crippen LogP contribution is -2.49. The summed E-state index contributed by atoms with van der Waals surface area (Å²) < 4.78 is 5.49. The number of carbonyl (C=O) groups is 1. The zero-order valence-corrected chi connectivity index (χ0v) is 16.3. The predicted octanol–water partition coefficient (Wildman–Crippen LogP) is 4.06. The Morgan fingerprint density at radius 1 is 0.897 bits per heavy atom. The Morgan fingerprint density at radius 3 is 2.14 bits per heavy atom. The quantitative estimate of drug-likeness (QED) is 0.686. The van der Waals surface area contributed by atoms with Crippen LogP contribution in [0.5, 0.6) is 0 Å². The number of rotatable bonds is 4. The van der Waals surface area contributed by atoms with Crippen LogP contribution in [0.3, 0.4) is 0 Å². The molecule has 1 saturated heterocycles. The normalized spacial score (nSPS) is 23.1. The number of ether oxygens (including phenoxy) is 1. The van der Waals surface area contributed by atoms with Gasteiger partial charge in [0, 0.05) is 13.1 Å². The molecule has 2 atom stereocenters. The first-order chi connectivity index (χ1) is 14.2. The number of hydrogen-bond donors (Lipinski definition) is 1. The first-order valence-electron chi connectivity index (χ1n) is 9.93. The lowest BCUT2D eigenvalue weighted by atomic mass is 9.81. The van der Waals surface area contributed by atoms with Crippen molar-refractivity contribution in [2.75, 3.05) is 13.2 Å². The minimum atomic E-state index is -1.37. The molecule has 3 aromatic rings. The minimum absolute atomic E-state index is 0.0826. The first-order valence-corrected chi connectivity index (χ1v) is 9.93. The summed E-state index contributed by atoms with van der Waals surface area (Å²) in [5.74, 6) is -0.288. The molecule has 1 fully saturated rings. The molecule has 0 amide bonds. The highest BCUT2D eigenvalue weighted by Gasteiger charge is 2.45. The van der Waals surface area contributed by atoms with Crippen LogP contribution < -0.4 is 0 Å². The number of esters is 1. The Bertz CT molecular complexity index is 930. The summed E-state index contributed by atoms with van der Waals surface area (Å²) in [6, 6.07) is 29.3. The van der Waals surface area contributed by atoms with Gasteiger partial charge >= 0.3 is 5.97 Å². The van der Waals surface area contributed by atoms with Crippen molar-refractivity contribution in [2.24, 2.45) is 0 Å². The highest BCUT2D eigenvalue weighted by atomic mass is 16.5. The summed E-state index contributed by atoms with van der Waals surface area (Å²) in [5, 5.41) is 12.0.